The van der Waals surface area contributed by atoms with Crippen molar-refractivity contribution in [2.45, 2.75) is 57.7 Å². The largest absolute Gasteiger partial charge is 0.487 e. The monoisotopic (exact) mass is 522 g/mol. The number of amides is 1. The number of nitrogens with one attached hydrogen (secondary N) is 1. The van der Waals surface area contributed by atoms with Gasteiger partial charge in [-0.05, 0) is 62.2 Å². The van der Waals surface area contributed by atoms with Crippen LogP contribution in [0.2, 0.25) is 0 Å². The Morgan fingerprint density at radius 3 is 2.22 bits per heavy atom. The number of hydrogen-bond donors (Lipinski definition) is 1. The topological polar surface area (TPSA) is 84.9 Å². The van der Waals surface area contributed by atoms with Crippen molar-refractivity contribution in [2.75, 3.05) is 10.6 Å². The Balaban J connectivity index is 1.56. The molecule has 0 spiro atoms. The van der Waals surface area contributed by atoms with E-state index < -0.39 is 16.1 Å². The summed E-state index contributed by atoms with van der Waals surface area (Å²) in [5, 5.41) is 3.11. The lowest BCUT2D eigenvalue weighted by atomic mass is 9.83. The Hall–Kier alpha value is -3.52. The Bertz CT molecular complexity index is 1320. The molecule has 0 fully saturated rings. The zero-order valence-electron chi connectivity index (χ0n) is 21.7. The van der Waals surface area contributed by atoms with Crippen molar-refractivity contribution in [3.63, 3.8) is 0 Å². The van der Waals surface area contributed by atoms with E-state index in [-0.39, 0.29) is 17.6 Å². The number of carbonyl (C=O) groups excluding carboxylic acids is 1. The number of hydrogen-bond acceptors (Lipinski definition) is 5. The first-order valence-electron chi connectivity index (χ1n) is 12.6. The average molecular weight is 523 g/mol. The van der Waals surface area contributed by atoms with E-state index in [0.717, 1.165) is 34.7 Å². The van der Waals surface area contributed by atoms with Crippen molar-refractivity contribution in [2.24, 2.45) is 0 Å². The second-order valence-electron chi connectivity index (χ2n) is 9.44. The molecule has 1 heterocycles. The molecule has 0 radical (unpaired) electrons. The molecular formula is C29H34N2O5S. The number of para-hydroxylation sites is 2. The van der Waals surface area contributed by atoms with Crippen LogP contribution in [0.25, 0.3) is 0 Å². The first kappa shape index (κ1) is 26.5. The van der Waals surface area contributed by atoms with Crippen LogP contribution in [0.5, 0.6) is 17.2 Å². The highest BCUT2D eigenvalue weighted by Crippen LogP contribution is 2.42. The molecule has 1 N–H and O–H groups in total. The van der Waals surface area contributed by atoms with Gasteiger partial charge in [0.2, 0.25) is 15.9 Å². The summed E-state index contributed by atoms with van der Waals surface area (Å²) in [4.78, 5) is 13.5. The molecule has 7 nitrogen and oxygen atoms in total. The minimum Gasteiger partial charge on any atom is -0.487 e. The van der Waals surface area contributed by atoms with E-state index in [1.54, 1.807) is 31.2 Å². The Morgan fingerprint density at radius 2 is 1.59 bits per heavy atom. The van der Waals surface area contributed by atoms with Crippen molar-refractivity contribution in [3.8, 4) is 17.2 Å². The second-order valence-corrected chi connectivity index (χ2v) is 11.3. The van der Waals surface area contributed by atoms with Gasteiger partial charge in [-0.25, -0.2) is 8.42 Å². The minimum absolute atomic E-state index is 0.289. The van der Waals surface area contributed by atoms with E-state index in [4.69, 9.17) is 9.47 Å². The molecule has 0 bridgehead atoms. The van der Waals surface area contributed by atoms with Gasteiger partial charge >= 0.3 is 0 Å². The average Bonchev–Trinajstić information content (AvgIpc) is 2.89. The molecule has 37 heavy (non-hydrogen) atoms. The van der Waals surface area contributed by atoms with Gasteiger partial charge in [-0.15, -0.1) is 0 Å². The molecule has 2 atom stereocenters. The van der Waals surface area contributed by atoms with Gasteiger partial charge in [0.15, 0.2) is 0 Å². The SMILES string of the molecule is CCC1(CC)C[C@@H](NC(=O)[C@@H](C)N(c2ccc(Oc3ccccc3)cc2)S(C)(=O)=O)c2ccccc2O1. The van der Waals surface area contributed by atoms with Crippen molar-refractivity contribution in [1.82, 2.24) is 5.32 Å². The lowest BCUT2D eigenvalue weighted by Gasteiger charge is -2.42. The van der Waals surface area contributed by atoms with E-state index in [1.165, 1.54) is 0 Å². The molecule has 8 heteroatoms. The third-order valence-electron chi connectivity index (χ3n) is 6.96. The number of anilines is 1. The van der Waals surface area contributed by atoms with Crippen LogP contribution in [-0.4, -0.2) is 32.2 Å². The molecule has 0 aromatic heterocycles. The maximum absolute atomic E-state index is 13.5. The summed E-state index contributed by atoms with van der Waals surface area (Å²) in [6.45, 7) is 5.76. The second kappa shape index (κ2) is 10.8. The standard InChI is InChI=1S/C29H34N2O5S/c1-5-29(6-2)20-26(25-14-10-11-15-27(25)36-29)30-28(32)21(3)31(37(4,33)34)22-16-18-24(19-17-22)35-23-12-8-7-9-13-23/h7-19,21,26H,5-6,20H2,1-4H3,(H,30,32)/t21-,26-/m1/s1. The highest BCUT2D eigenvalue weighted by Gasteiger charge is 2.40. The molecule has 3 aromatic rings. The van der Waals surface area contributed by atoms with Gasteiger partial charge in [0, 0.05) is 12.0 Å². The molecule has 1 aliphatic rings. The van der Waals surface area contributed by atoms with Crippen LogP contribution in [0.1, 0.15) is 51.6 Å². The van der Waals surface area contributed by atoms with Crippen LogP contribution in [0.15, 0.2) is 78.9 Å². The summed E-state index contributed by atoms with van der Waals surface area (Å²) >= 11 is 0. The third kappa shape index (κ3) is 5.91. The van der Waals surface area contributed by atoms with Crippen LogP contribution in [0.4, 0.5) is 5.69 Å². The molecule has 0 saturated carbocycles. The zero-order valence-corrected chi connectivity index (χ0v) is 22.5. The number of benzene rings is 3. The first-order valence-corrected chi connectivity index (χ1v) is 14.4. The highest BCUT2D eigenvalue weighted by atomic mass is 32.2. The molecule has 0 aliphatic carbocycles. The van der Waals surface area contributed by atoms with Gasteiger partial charge in [0.05, 0.1) is 18.0 Å². The van der Waals surface area contributed by atoms with Gasteiger partial charge in [0.25, 0.3) is 0 Å². The Labute approximate surface area is 219 Å². The number of sulfonamides is 1. The lowest BCUT2D eigenvalue weighted by molar-refractivity contribution is -0.123. The van der Waals surface area contributed by atoms with Crippen molar-refractivity contribution < 1.29 is 22.7 Å². The zero-order chi connectivity index (χ0) is 26.6. The minimum atomic E-state index is -3.76. The molecular weight excluding hydrogens is 488 g/mol. The molecule has 1 amide bonds. The number of nitrogens with zero attached hydrogens (tertiary/aromatic N) is 1. The molecule has 0 unspecified atom stereocenters. The van der Waals surface area contributed by atoms with E-state index in [0.29, 0.717) is 23.6 Å². The first-order chi connectivity index (χ1) is 17.7. The number of ether oxygens (including phenoxy) is 2. The number of carbonyl (C=O) groups is 1. The van der Waals surface area contributed by atoms with Crippen molar-refractivity contribution >= 4 is 21.6 Å². The van der Waals surface area contributed by atoms with Gasteiger partial charge in [-0.1, -0.05) is 50.2 Å². The molecule has 0 saturated heterocycles. The van der Waals surface area contributed by atoms with Crippen molar-refractivity contribution in [3.05, 3.63) is 84.4 Å². The number of rotatable bonds is 9. The van der Waals surface area contributed by atoms with E-state index in [2.05, 4.69) is 19.2 Å². The fourth-order valence-electron chi connectivity index (χ4n) is 4.82. The van der Waals surface area contributed by atoms with E-state index >= 15 is 0 Å². The van der Waals surface area contributed by atoms with Gasteiger partial charge in [0.1, 0.15) is 28.9 Å². The smallest absolute Gasteiger partial charge is 0.244 e. The summed E-state index contributed by atoms with van der Waals surface area (Å²) in [6.07, 6.45) is 3.31. The fourth-order valence-corrected chi connectivity index (χ4v) is 5.99. The molecule has 1 aliphatic heterocycles. The quantitative estimate of drug-likeness (QED) is 0.382. The lowest BCUT2D eigenvalue weighted by Crippen LogP contribution is -2.51. The Morgan fingerprint density at radius 1 is 1.00 bits per heavy atom. The van der Waals surface area contributed by atoms with Crippen LogP contribution in [0.3, 0.4) is 0 Å². The van der Waals surface area contributed by atoms with Crippen LogP contribution in [0, 0.1) is 0 Å². The molecule has 4 rings (SSSR count). The van der Waals surface area contributed by atoms with Crippen LogP contribution < -0.4 is 19.1 Å². The van der Waals surface area contributed by atoms with Crippen LogP contribution >= 0.6 is 0 Å². The van der Waals surface area contributed by atoms with Crippen molar-refractivity contribution in [1.29, 1.82) is 0 Å². The summed E-state index contributed by atoms with van der Waals surface area (Å²) < 4.78 is 39.0. The van der Waals surface area contributed by atoms with Crippen LogP contribution in [-0.2, 0) is 14.8 Å². The highest BCUT2D eigenvalue weighted by molar-refractivity contribution is 7.92. The molecule has 3 aromatic carbocycles. The Kier molecular flexibility index (Phi) is 7.78. The number of fused-ring (bicyclic) bond motifs is 1. The van der Waals surface area contributed by atoms with E-state index in [9.17, 15) is 13.2 Å². The summed E-state index contributed by atoms with van der Waals surface area (Å²) in [7, 11) is -3.76. The fraction of sp³-hybridized carbons (Fsp3) is 0.345. The maximum atomic E-state index is 13.5. The summed E-state index contributed by atoms with van der Waals surface area (Å²) in [6, 6.07) is 22.4. The predicted octanol–water partition coefficient (Wildman–Crippen LogP) is 5.83. The van der Waals surface area contributed by atoms with Gasteiger partial charge in [-0.3, -0.25) is 9.10 Å². The summed E-state index contributed by atoms with van der Waals surface area (Å²) in [5.41, 5.74) is 0.893. The van der Waals surface area contributed by atoms with E-state index in [1.807, 2.05) is 54.6 Å². The maximum Gasteiger partial charge on any atom is 0.244 e. The van der Waals surface area contributed by atoms with Gasteiger partial charge < -0.3 is 14.8 Å². The molecule has 196 valence electrons. The predicted molar refractivity (Wildman–Crippen MR) is 146 cm³/mol. The van der Waals surface area contributed by atoms with Gasteiger partial charge in [-0.2, -0.15) is 0 Å². The normalized spacial score (nSPS) is 17.1. The summed E-state index contributed by atoms with van der Waals surface area (Å²) in [5.74, 6) is 1.62. The third-order valence-corrected chi connectivity index (χ3v) is 8.20.